The van der Waals surface area contributed by atoms with E-state index >= 15 is 0 Å². The van der Waals surface area contributed by atoms with Gasteiger partial charge >= 0.3 is 5.97 Å². The van der Waals surface area contributed by atoms with Crippen molar-refractivity contribution in [2.24, 2.45) is 0 Å². The topological polar surface area (TPSA) is 55.8 Å². The fraction of sp³-hybridized carbons (Fsp3) is 0.562. The van der Waals surface area contributed by atoms with E-state index in [2.05, 4.69) is 0 Å². The number of aliphatic hydroxyl groups excluding tert-OH is 1. The molecule has 21 heavy (non-hydrogen) atoms. The summed E-state index contributed by atoms with van der Waals surface area (Å²) in [5.74, 6) is 0.583. The van der Waals surface area contributed by atoms with Crippen molar-refractivity contribution >= 4 is 17.7 Å². The number of carbonyl (C=O) groups is 1. The Kier molecular flexibility index (Phi) is 9.14. The van der Waals surface area contributed by atoms with Crippen LogP contribution in [-0.4, -0.2) is 36.1 Å². The maximum Gasteiger partial charge on any atom is 0.319 e. The van der Waals surface area contributed by atoms with Crippen molar-refractivity contribution in [3.63, 3.8) is 0 Å². The number of aliphatic hydroxyl groups is 1. The van der Waals surface area contributed by atoms with Crippen molar-refractivity contribution in [1.82, 2.24) is 0 Å². The number of thioether (sulfide) groups is 1. The zero-order valence-electron chi connectivity index (χ0n) is 12.7. The van der Waals surface area contributed by atoms with Gasteiger partial charge in [-0.1, -0.05) is 31.2 Å². The molecular weight excluding hydrogens is 288 g/mol. The zero-order chi connectivity index (χ0) is 15.5. The molecule has 0 fully saturated rings. The normalized spacial score (nSPS) is 12.1. The molecule has 1 aromatic carbocycles. The molecule has 0 radical (unpaired) electrons. The molecule has 1 atom stereocenters. The lowest BCUT2D eigenvalue weighted by Crippen LogP contribution is -2.21. The number of hydrogen-bond acceptors (Lipinski definition) is 5. The highest BCUT2D eigenvalue weighted by Gasteiger charge is 2.18. The van der Waals surface area contributed by atoms with Crippen LogP contribution >= 0.6 is 11.8 Å². The zero-order valence-corrected chi connectivity index (χ0v) is 13.5. The maximum absolute atomic E-state index is 11.9. The summed E-state index contributed by atoms with van der Waals surface area (Å²) >= 11 is 1.58. The summed E-state index contributed by atoms with van der Waals surface area (Å²) in [6.07, 6.45) is 0.743. The molecule has 1 aromatic rings. The molecule has 0 spiro atoms. The summed E-state index contributed by atoms with van der Waals surface area (Å²) in [7, 11) is 0. The third-order valence-electron chi connectivity index (χ3n) is 2.97. The molecule has 5 heteroatoms. The lowest BCUT2D eigenvalue weighted by molar-refractivity contribution is -0.144. The van der Waals surface area contributed by atoms with Crippen molar-refractivity contribution in [3.8, 4) is 0 Å². The number of hydrogen-bond donors (Lipinski definition) is 1. The minimum atomic E-state index is -0.172. The van der Waals surface area contributed by atoms with Gasteiger partial charge in [-0.2, -0.15) is 0 Å². The maximum atomic E-state index is 11.9. The molecule has 0 aromatic heterocycles. The first-order valence-electron chi connectivity index (χ1n) is 7.25. The summed E-state index contributed by atoms with van der Waals surface area (Å²) in [6.45, 7) is 5.34. The van der Waals surface area contributed by atoms with Gasteiger partial charge in [-0.3, -0.25) is 4.79 Å². The van der Waals surface area contributed by atoms with E-state index in [-0.39, 0.29) is 17.8 Å². The number of carbonyl (C=O) groups excluding carboxylic acids is 1. The predicted molar refractivity (Wildman–Crippen MR) is 85.2 cm³/mol. The second kappa shape index (κ2) is 10.7. The van der Waals surface area contributed by atoms with E-state index in [1.807, 2.05) is 38.1 Å². The van der Waals surface area contributed by atoms with Crippen LogP contribution in [0.5, 0.6) is 0 Å². The molecule has 0 amide bonds. The highest BCUT2D eigenvalue weighted by Crippen LogP contribution is 2.21. The van der Waals surface area contributed by atoms with E-state index in [4.69, 9.17) is 14.6 Å². The van der Waals surface area contributed by atoms with Gasteiger partial charge in [0.15, 0.2) is 0 Å². The first-order valence-corrected chi connectivity index (χ1v) is 8.30. The Hall–Kier alpha value is -1.04. The summed E-state index contributed by atoms with van der Waals surface area (Å²) in [5, 5.41) is 8.85. The van der Waals surface area contributed by atoms with Crippen molar-refractivity contribution in [3.05, 3.63) is 35.4 Å². The molecule has 0 aliphatic carbocycles. The molecular formula is C16H24O4S. The highest BCUT2D eigenvalue weighted by atomic mass is 32.2. The van der Waals surface area contributed by atoms with Gasteiger partial charge in [0.1, 0.15) is 11.9 Å². The number of ether oxygens (including phenoxy) is 2. The molecule has 118 valence electrons. The van der Waals surface area contributed by atoms with Crippen LogP contribution in [0.3, 0.4) is 0 Å². The second-order valence-corrected chi connectivity index (χ2v) is 5.74. The first kappa shape index (κ1) is 18.0. The monoisotopic (exact) mass is 312 g/mol. The third-order valence-corrected chi connectivity index (χ3v) is 4.39. The van der Waals surface area contributed by atoms with Gasteiger partial charge in [-0.25, -0.2) is 0 Å². The molecule has 1 unspecified atom stereocenters. The summed E-state index contributed by atoms with van der Waals surface area (Å²) in [5.41, 5.74) is 2.03. The minimum Gasteiger partial charge on any atom is -0.462 e. The van der Waals surface area contributed by atoms with Crippen molar-refractivity contribution in [2.75, 3.05) is 19.8 Å². The van der Waals surface area contributed by atoms with E-state index in [0.29, 0.717) is 19.8 Å². The molecule has 4 nitrogen and oxygen atoms in total. The van der Waals surface area contributed by atoms with Crippen LogP contribution in [0.4, 0.5) is 0 Å². The Balaban J connectivity index is 2.36. The average molecular weight is 312 g/mol. The van der Waals surface area contributed by atoms with Gasteiger partial charge in [0.25, 0.3) is 0 Å². The van der Waals surface area contributed by atoms with Gasteiger partial charge in [0.05, 0.1) is 13.2 Å². The van der Waals surface area contributed by atoms with Gasteiger partial charge < -0.3 is 14.6 Å². The number of esters is 1. The van der Waals surface area contributed by atoms with E-state index in [9.17, 15) is 4.79 Å². The van der Waals surface area contributed by atoms with E-state index in [1.165, 1.54) is 0 Å². The lowest BCUT2D eigenvalue weighted by Gasteiger charge is -2.14. The van der Waals surface area contributed by atoms with E-state index in [1.54, 1.807) is 11.8 Å². The summed E-state index contributed by atoms with van der Waals surface area (Å²) in [6, 6.07) is 7.76. The van der Waals surface area contributed by atoms with Crippen LogP contribution in [0.25, 0.3) is 0 Å². The Labute approximate surface area is 130 Å². The van der Waals surface area contributed by atoms with Crippen LogP contribution in [0.2, 0.25) is 0 Å². The van der Waals surface area contributed by atoms with Crippen LogP contribution in [0, 0.1) is 0 Å². The Morgan fingerprint density at radius 2 is 1.86 bits per heavy atom. The van der Waals surface area contributed by atoms with Crippen molar-refractivity contribution in [1.29, 1.82) is 0 Å². The molecule has 1 rings (SSSR count). The highest BCUT2D eigenvalue weighted by molar-refractivity contribution is 7.99. The van der Waals surface area contributed by atoms with Gasteiger partial charge in [0.2, 0.25) is 0 Å². The Morgan fingerprint density at radius 1 is 1.19 bits per heavy atom. The van der Waals surface area contributed by atoms with Crippen molar-refractivity contribution < 1.29 is 19.4 Å². The minimum absolute atomic E-state index is 0.0527. The number of benzene rings is 1. The largest absolute Gasteiger partial charge is 0.462 e. The third kappa shape index (κ3) is 6.98. The van der Waals surface area contributed by atoms with Crippen LogP contribution < -0.4 is 0 Å². The molecule has 0 aliphatic rings. The first-order chi connectivity index (χ1) is 10.2. The van der Waals surface area contributed by atoms with Crippen LogP contribution in [0.15, 0.2) is 24.3 Å². The summed E-state index contributed by atoms with van der Waals surface area (Å²) in [4.78, 5) is 11.9. The number of rotatable bonds is 10. The predicted octanol–water partition coefficient (Wildman–Crippen LogP) is 2.77. The SMILES string of the molecule is CCOCCOC(=O)C(CC)SCc1ccc(CO)cc1. The van der Waals surface area contributed by atoms with Gasteiger partial charge in [-0.15, -0.1) is 11.8 Å². The van der Waals surface area contributed by atoms with Gasteiger partial charge in [0, 0.05) is 12.4 Å². The van der Waals surface area contributed by atoms with Crippen LogP contribution in [-0.2, 0) is 26.6 Å². The Bertz CT molecular complexity index is 405. The molecule has 0 heterocycles. The van der Waals surface area contributed by atoms with E-state index < -0.39 is 0 Å². The lowest BCUT2D eigenvalue weighted by atomic mass is 10.2. The van der Waals surface area contributed by atoms with Crippen molar-refractivity contribution in [2.45, 2.75) is 37.9 Å². The second-order valence-electron chi connectivity index (χ2n) is 4.55. The molecule has 0 aliphatic heterocycles. The quantitative estimate of drug-likeness (QED) is 0.532. The fourth-order valence-electron chi connectivity index (χ4n) is 1.73. The summed E-state index contributed by atoms with van der Waals surface area (Å²) < 4.78 is 10.3. The average Bonchev–Trinajstić information content (AvgIpc) is 2.52. The molecule has 0 saturated carbocycles. The smallest absolute Gasteiger partial charge is 0.319 e. The van der Waals surface area contributed by atoms with Gasteiger partial charge in [-0.05, 0) is 24.5 Å². The molecule has 0 saturated heterocycles. The van der Waals surface area contributed by atoms with Crippen LogP contribution in [0.1, 0.15) is 31.4 Å². The molecule has 1 N–H and O–H groups in total. The fourth-order valence-corrected chi connectivity index (χ4v) is 2.75. The Morgan fingerprint density at radius 3 is 2.43 bits per heavy atom. The molecule has 0 bridgehead atoms. The standard InChI is InChI=1S/C16H24O4S/c1-3-15(16(18)20-10-9-19-4-2)21-12-14-7-5-13(11-17)6-8-14/h5-8,15,17H,3-4,9-12H2,1-2H3. The van der Waals surface area contributed by atoms with E-state index in [0.717, 1.165) is 23.3 Å².